The van der Waals surface area contributed by atoms with Gasteiger partial charge in [-0.05, 0) is 25.5 Å². The van der Waals surface area contributed by atoms with Crippen LogP contribution in [0.3, 0.4) is 0 Å². The second-order valence-corrected chi connectivity index (χ2v) is 4.39. The van der Waals surface area contributed by atoms with Crippen molar-refractivity contribution in [3.05, 3.63) is 35.7 Å². The lowest BCUT2D eigenvalue weighted by Gasteiger charge is -2.09. The van der Waals surface area contributed by atoms with Crippen LogP contribution in [0.2, 0.25) is 0 Å². The minimum atomic E-state index is -1.13. The van der Waals surface area contributed by atoms with Crippen molar-refractivity contribution in [3.63, 3.8) is 0 Å². The van der Waals surface area contributed by atoms with Gasteiger partial charge >= 0.3 is 0 Å². The normalized spacial score (nSPS) is 11.8. The van der Waals surface area contributed by atoms with Crippen molar-refractivity contribution in [1.82, 2.24) is 10.1 Å². The van der Waals surface area contributed by atoms with Crippen molar-refractivity contribution >= 4 is 0 Å². The molecule has 1 heterocycles. The molecule has 0 spiro atoms. The number of nitrogens with two attached hydrogens (primary N) is 1. The summed E-state index contributed by atoms with van der Waals surface area (Å²) in [5.41, 5.74) is 6.26. The van der Waals surface area contributed by atoms with Crippen LogP contribution in [0.25, 0.3) is 11.4 Å². The monoisotopic (exact) mass is 233 g/mol. The molecule has 90 valence electrons. The van der Waals surface area contributed by atoms with Crippen LogP contribution in [0.4, 0.5) is 0 Å². The minimum absolute atomic E-state index is 0.200. The molecular formula is C12H15N3O2. The molecular weight excluding hydrogens is 218 g/mol. The van der Waals surface area contributed by atoms with Gasteiger partial charge in [-0.25, -0.2) is 0 Å². The third-order valence-electron chi connectivity index (χ3n) is 2.37. The van der Waals surface area contributed by atoms with Gasteiger partial charge in [0.1, 0.15) is 5.60 Å². The number of rotatable bonds is 3. The zero-order valence-corrected chi connectivity index (χ0v) is 9.84. The third-order valence-corrected chi connectivity index (χ3v) is 2.37. The fourth-order valence-electron chi connectivity index (χ4n) is 1.43. The largest absolute Gasteiger partial charge is 0.381 e. The number of hydrogen-bond donors (Lipinski definition) is 2. The van der Waals surface area contributed by atoms with E-state index < -0.39 is 5.60 Å². The predicted octanol–water partition coefficient (Wildman–Crippen LogP) is 1.42. The molecule has 0 unspecified atom stereocenters. The van der Waals surface area contributed by atoms with E-state index in [-0.39, 0.29) is 5.89 Å². The Labute approximate surface area is 99.3 Å². The molecule has 0 aliphatic rings. The molecule has 17 heavy (non-hydrogen) atoms. The Morgan fingerprint density at radius 3 is 2.76 bits per heavy atom. The molecule has 0 aliphatic heterocycles. The van der Waals surface area contributed by atoms with Crippen LogP contribution in [0.1, 0.15) is 25.3 Å². The molecule has 1 aromatic heterocycles. The summed E-state index contributed by atoms with van der Waals surface area (Å²) >= 11 is 0. The number of benzene rings is 1. The minimum Gasteiger partial charge on any atom is -0.381 e. The first-order valence-electron chi connectivity index (χ1n) is 5.36. The smallest absolute Gasteiger partial charge is 0.258 e. The van der Waals surface area contributed by atoms with Crippen molar-refractivity contribution < 1.29 is 9.63 Å². The average Bonchev–Trinajstić information content (AvgIpc) is 2.78. The van der Waals surface area contributed by atoms with Gasteiger partial charge in [0.2, 0.25) is 5.82 Å². The van der Waals surface area contributed by atoms with Gasteiger partial charge in [-0.15, -0.1) is 0 Å². The molecule has 2 aromatic rings. The Hall–Kier alpha value is -1.72. The topological polar surface area (TPSA) is 85.2 Å². The quantitative estimate of drug-likeness (QED) is 0.837. The Morgan fingerprint density at radius 2 is 2.18 bits per heavy atom. The summed E-state index contributed by atoms with van der Waals surface area (Å²) in [6, 6.07) is 7.59. The maximum atomic E-state index is 9.73. The average molecular weight is 233 g/mol. The summed E-state index contributed by atoms with van der Waals surface area (Å²) in [6.07, 6.45) is 0. The molecule has 5 nitrogen and oxygen atoms in total. The third kappa shape index (κ3) is 2.51. The molecule has 5 heteroatoms. The molecule has 0 radical (unpaired) electrons. The second kappa shape index (κ2) is 4.27. The van der Waals surface area contributed by atoms with Crippen molar-refractivity contribution in [2.75, 3.05) is 0 Å². The van der Waals surface area contributed by atoms with Gasteiger partial charge in [0, 0.05) is 12.1 Å². The van der Waals surface area contributed by atoms with E-state index in [9.17, 15) is 5.11 Å². The van der Waals surface area contributed by atoms with Crippen molar-refractivity contribution in [2.24, 2.45) is 5.73 Å². The Bertz CT molecular complexity index is 514. The molecule has 0 saturated carbocycles. The summed E-state index contributed by atoms with van der Waals surface area (Å²) in [5, 5.41) is 13.6. The number of nitrogens with zero attached hydrogens (tertiary/aromatic N) is 2. The highest BCUT2D eigenvalue weighted by Gasteiger charge is 2.24. The van der Waals surface area contributed by atoms with Gasteiger partial charge < -0.3 is 15.4 Å². The molecule has 2 rings (SSSR count). The first kappa shape index (κ1) is 11.8. The van der Waals surface area contributed by atoms with E-state index in [0.717, 1.165) is 11.1 Å². The van der Waals surface area contributed by atoms with Crippen LogP contribution >= 0.6 is 0 Å². The molecule has 0 aliphatic carbocycles. The van der Waals surface area contributed by atoms with Gasteiger partial charge in [-0.2, -0.15) is 4.98 Å². The standard InChI is InChI=1S/C12H15N3O2/c1-12(2,16)11-14-10(15-17-11)9-5-3-4-8(6-9)7-13/h3-6,16H,7,13H2,1-2H3. The molecule has 0 fully saturated rings. The first-order chi connectivity index (χ1) is 8.00. The van der Waals surface area contributed by atoms with E-state index in [1.54, 1.807) is 13.8 Å². The lowest BCUT2D eigenvalue weighted by atomic mass is 10.1. The molecule has 0 amide bonds. The van der Waals surface area contributed by atoms with Gasteiger partial charge in [-0.3, -0.25) is 0 Å². The first-order valence-corrected chi connectivity index (χ1v) is 5.36. The fraction of sp³-hybridized carbons (Fsp3) is 0.333. The summed E-state index contributed by atoms with van der Waals surface area (Å²) in [6.45, 7) is 3.66. The molecule has 0 saturated heterocycles. The van der Waals surface area contributed by atoms with E-state index in [4.69, 9.17) is 10.3 Å². The molecule has 0 bridgehead atoms. The second-order valence-electron chi connectivity index (χ2n) is 4.39. The van der Waals surface area contributed by atoms with Crippen LogP contribution in [-0.2, 0) is 12.1 Å². The number of aliphatic hydroxyl groups is 1. The fourth-order valence-corrected chi connectivity index (χ4v) is 1.43. The Balaban J connectivity index is 2.37. The maximum Gasteiger partial charge on any atom is 0.258 e. The lowest BCUT2D eigenvalue weighted by Crippen LogP contribution is -2.15. The highest BCUT2D eigenvalue weighted by molar-refractivity contribution is 5.55. The summed E-state index contributed by atoms with van der Waals surface area (Å²) < 4.78 is 5.01. The molecule has 3 N–H and O–H groups in total. The van der Waals surface area contributed by atoms with Crippen LogP contribution in [-0.4, -0.2) is 15.2 Å². The van der Waals surface area contributed by atoms with Crippen LogP contribution in [0.5, 0.6) is 0 Å². The predicted molar refractivity (Wildman–Crippen MR) is 62.9 cm³/mol. The molecule has 0 atom stereocenters. The number of aromatic nitrogens is 2. The van der Waals surface area contributed by atoms with Gasteiger partial charge in [-0.1, -0.05) is 23.4 Å². The van der Waals surface area contributed by atoms with E-state index in [0.29, 0.717) is 12.4 Å². The van der Waals surface area contributed by atoms with Crippen LogP contribution in [0, 0.1) is 0 Å². The molecule has 1 aromatic carbocycles. The zero-order valence-electron chi connectivity index (χ0n) is 9.84. The Kier molecular flexibility index (Phi) is 2.95. The van der Waals surface area contributed by atoms with E-state index in [1.165, 1.54) is 0 Å². The SMILES string of the molecule is CC(C)(O)c1nc(-c2cccc(CN)c2)no1. The Morgan fingerprint density at radius 1 is 1.41 bits per heavy atom. The van der Waals surface area contributed by atoms with E-state index >= 15 is 0 Å². The zero-order chi connectivity index (χ0) is 12.5. The summed E-state index contributed by atoms with van der Waals surface area (Å²) in [7, 11) is 0. The van der Waals surface area contributed by atoms with Crippen LogP contribution in [0.15, 0.2) is 28.8 Å². The van der Waals surface area contributed by atoms with Gasteiger partial charge in [0.15, 0.2) is 0 Å². The lowest BCUT2D eigenvalue weighted by molar-refractivity contribution is 0.0420. The van der Waals surface area contributed by atoms with Gasteiger partial charge in [0.25, 0.3) is 5.89 Å². The highest BCUT2D eigenvalue weighted by atomic mass is 16.5. The van der Waals surface area contributed by atoms with Crippen LogP contribution < -0.4 is 5.73 Å². The summed E-state index contributed by atoms with van der Waals surface area (Å²) in [5.74, 6) is 0.656. The van der Waals surface area contributed by atoms with Gasteiger partial charge in [0.05, 0.1) is 0 Å². The van der Waals surface area contributed by atoms with Crippen molar-refractivity contribution in [1.29, 1.82) is 0 Å². The van der Waals surface area contributed by atoms with Crippen molar-refractivity contribution in [3.8, 4) is 11.4 Å². The number of hydrogen-bond acceptors (Lipinski definition) is 5. The summed E-state index contributed by atoms with van der Waals surface area (Å²) in [4.78, 5) is 4.16. The van der Waals surface area contributed by atoms with E-state index in [1.807, 2.05) is 24.3 Å². The van der Waals surface area contributed by atoms with Crippen molar-refractivity contribution in [2.45, 2.75) is 26.0 Å². The maximum absolute atomic E-state index is 9.73. The van der Waals surface area contributed by atoms with E-state index in [2.05, 4.69) is 10.1 Å². The highest BCUT2D eigenvalue weighted by Crippen LogP contribution is 2.22.